The zero-order valence-electron chi connectivity index (χ0n) is 21.2. The zero-order valence-corrected chi connectivity index (χ0v) is 22.8. The molecule has 2 aromatic carbocycles. The molecule has 4 aromatic rings. The molecule has 0 aliphatic carbocycles. The summed E-state index contributed by atoms with van der Waals surface area (Å²) in [5.74, 6) is 1.65. The minimum Gasteiger partial charge on any atom is -0.454 e. The van der Waals surface area contributed by atoms with E-state index in [1.165, 1.54) is 6.20 Å². The maximum atomic E-state index is 12.3. The van der Waals surface area contributed by atoms with Crippen molar-refractivity contribution in [1.82, 2.24) is 9.97 Å². The first-order valence-electron chi connectivity index (χ1n) is 11.7. The highest BCUT2D eigenvalue weighted by molar-refractivity contribution is 6.50. The quantitative estimate of drug-likeness (QED) is 0.141. The van der Waals surface area contributed by atoms with Gasteiger partial charge in [0.2, 0.25) is 19.4 Å². The second kappa shape index (κ2) is 14.1. The van der Waals surface area contributed by atoms with Gasteiger partial charge in [0, 0.05) is 23.5 Å². The fraction of sp³-hybridized carbons (Fsp3) is 0.107. The number of ketones is 2. The minimum atomic E-state index is -0.776. The second-order valence-corrected chi connectivity index (χ2v) is 8.23. The largest absolute Gasteiger partial charge is 0.454 e. The number of Topliss-reactive ketones (excluding diaryl/α,β-unsaturated/α-hetero) is 2. The van der Waals surface area contributed by atoms with Gasteiger partial charge in [-0.3, -0.25) is 19.6 Å². The van der Waals surface area contributed by atoms with Crippen LogP contribution in [0.5, 0.6) is 23.0 Å². The number of hydrogen-bond donors (Lipinski definition) is 2. The van der Waals surface area contributed by atoms with Crippen LogP contribution in [0.15, 0.2) is 90.3 Å². The number of nitrogens with two attached hydrogens (primary N) is 1. The first kappa shape index (κ1) is 30.8. The molecular weight excluding hydrogens is 575 g/mol. The van der Waals surface area contributed by atoms with Gasteiger partial charge < -0.3 is 29.9 Å². The highest BCUT2D eigenvalue weighted by atomic mass is 35.5. The van der Waals surface area contributed by atoms with Crippen molar-refractivity contribution < 1.29 is 33.7 Å². The summed E-state index contributed by atoms with van der Waals surface area (Å²) in [6, 6.07) is 19.4. The lowest BCUT2D eigenvalue weighted by Crippen LogP contribution is -2.22. The number of fused-ring (bicyclic) bond motifs is 2. The van der Waals surface area contributed by atoms with E-state index in [9.17, 15) is 9.59 Å². The Morgan fingerprint density at radius 2 is 1.32 bits per heavy atom. The van der Waals surface area contributed by atoms with Crippen molar-refractivity contribution in [2.75, 3.05) is 13.6 Å². The number of halogens is 2. The van der Waals surface area contributed by atoms with Gasteiger partial charge in [0.1, 0.15) is 6.04 Å². The summed E-state index contributed by atoms with van der Waals surface area (Å²) in [7, 11) is 0. The van der Waals surface area contributed by atoms with Gasteiger partial charge in [0.05, 0.1) is 11.4 Å². The SMILES string of the molecule is Cl.Cl.NC(C(=O)c1ccc2c(c1)OCO2)c1ccccn1.O=C(/C(=N/O)c1ccccn1)c1ccc2c(c1)OCO2. The number of ether oxygens (including phenoxy) is 4. The third kappa shape index (κ3) is 6.90. The molecule has 4 heterocycles. The van der Waals surface area contributed by atoms with Gasteiger partial charge in [0.15, 0.2) is 34.5 Å². The lowest BCUT2D eigenvalue weighted by atomic mass is 10.0. The summed E-state index contributed by atoms with van der Waals surface area (Å²) in [5.41, 5.74) is 7.49. The van der Waals surface area contributed by atoms with E-state index in [0.717, 1.165) is 0 Å². The van der Waals surface area contributed by atoms with E-state index in [2.05, 4.69) is 15.1 Å². The van der Waals surface area contributed by atoms with Crippen molar-refractivity contribution in [2.45, 2.75) is 6.04 Å². The molecular formula is C28H24Cl2N4O7. The predicted octanol–water partition coefficient (Wildman–Crippen LogP) is 4.41. The maximum Gasteiger partial charge on any atom is 0.231 e. The Morgan fingerprint density at radius 1 is 0.756 bits per heavy atom. The molecule has 2 aromatic heterocycles. The molecule has 6 rings (SSSR count). The monoisotopic (exact) mass is 598 g/mol. The van der Waals surface area contributed by atoms with Gasteiger partial charge in [-0.1, -0.05) is 17.3 Å². The Labute approximate surface area is 246 Å². The molecule has 0 radical (unpaired) electrons. The highest BCUT2D eigenvalue weighted by Crippen LogP contribution is 2.34. The molecule has 0 fully saturated rings. The van der Waals surface area contributed by atoms with Crippen LogP contribution in [0, 0.1) is 0 Å². The van der Waals surface area contributed by atoms with Crippen LogP contribution in [-0.2, 0) is 0 Å². The lowest BCUT2D eigenvalue weighted by Gasteiger charge is -2.10. The molecule has 212 valence electrons. The van der Waals surface area contributed by atoms with Crippen LogP contribution in [0.3, 0.4) is 0 Å². The van der Waals surface area contributed by atoms with E-state index >= 15 is 0 Å². The molecule has 11 nitrogen and oxygen atoms in total. The van der Waals surface area contributed by atoms with Crippen LogP contribution in [0.4, 0.5) is 0 Å². The van der Waals surface area contributed by atoms with Crippen LogP contribution >= 0.6 is 24.8 Å². The summed E-state index contributed by atoms with van der Waals surface area (Å²) < 4.78 is 20.8. The first-order chi connectivity index (χ1) is 19.0. The number of oxime groups is 1. The molecule has 1 unspecified atom stereocenters. The van der Waals surface area contributed by atoms with Gasteiger partial charge in [-0.15, -0.1) is 24.8 Å². The summed E-state index contributed by atoms with van der Waals surface area (Å²) in [4.78, 5) is 32.7. The van der Waals surface area contributed by atoms with Crippen molar-refractivity contribution >= 4 is 42.1 Å². The van der Waals surface area contributed by atoms with Gasteiger partial charge >= 0.3 is 0 Å². The summed E-state index contributed by atoms with van der Waals surface area (Å²) in [6.07, 6.45) is 3.13. The van der Waals surface area contributed by atoms with Crippen LogP contribution in [-0.4, -0.2) is 46.0 Å². The number of pyridine rings is 2. The average molecular weight is 599 g/mol. The minimum absolute atomic E-state index is 0. The maximum absolute atomic E-state index is 12.3. The van der Waals surface area contributed by atoms with E-state index in [1.54, 1.807) is 79.0 Å². The standard InChI is InChI=1S/C14H10N2O4.C14H12N2O3.2ClH/c17-14(13(16-18)10-3-1-2-6-15-10)9-4-5-11-12(7-9)20-8-19-11;15-13(10-3-1-2-6-16-10)14(17)9-4-5-11-12(7-9)19-8-18-11;;/h1-7,18H,8H2;1-7,13H,8,15H2;2*1H/b16-13+;;;. The van der Waals surface area contributed by atoms with Crippen molar-refractivity contribution in [1.29, 1.82) is 0 Å². The molecule has 0 bridgehead atoms. The molecule has 13 heteroatoms. The molecule has 3 N–H and O–H groups in total. The highest BCUT2D eigenvalue weighted by Gasteiger charge is 2.23. The number of benzene rings is 2. The smallest absolute Gasteiger partial charge is 0.231 e. The molecule has 0 saturated heterocycles. The zero-order chi connectivity index (χ0) is 27.2. The predicted molar refractivity (Wildman–Crippen MR) is 152 cm³/mol. The van der Waals surface area contributed by atoms with Gasteiger partial charge in [-0.05, 0) is 60.7 Å². The lowest BCUT2D eigenvalue weighted by molar-refractivity contribution is 0.0958. The van der Waals surface area contributed by atoms with Gasteiger partial charge in [0.25, 0.3) is 0 Å². The van der Waals surface area contributed by atoms with Crippen molar-refractivity contribution in [3.63, 3.8) is 0 Å². The molecule has 0 amide bonds. The molecule has 2 aliphatic rings. The van der Waals surface area contributed by atoms with E-state index in [0.29, 0.717) is 45.5 Å². The van der Waals surface area contributed by atoms with Gasteiger partial charge in [-0.25, -0.2) is 0 Å². The van der Waals surface area contributed by atoms with E-state index in [-0.39, 0.29) is 49.9 Å². The molecule has 2 aliphatic heterocycles. The normalized spacial score (nSPS) is 13.0. The van der Waals surface area contributed by atoms with Crippen molar-refractivity contribution in [2.24, 2.45) is 10.9 Å². The summed E-state index contributed by atoms with van der Waals surface area (Å²) in [6.45, 7) is 0.313. The number of carbonyl (C=O) groups excluding carboxylic acids is 2. The number of nitrogens with zero attached hydrogens (tertiary/aromatic N) is 3. The van der Waals surface area contributed by atoms with Crippen LogP contribution < -0.4 is 24.7 Å². The van der Waals surface area contributed by atoms with Crippen LogP contribution in [0.25, 0.3) is 0 Å². The number of carbonyl (C=O) groups is 2. The summed E-state index contributed by atoms with van der Waals surface area (Å²) in [5, 5.41) is 12.1. The van der Waals surface area contributed by atoms with Crippen molar-refractivity contribution in [3.8, 4) is 23.0 Å². The Hall–Kier alpha value is -4.71. The molecule has 0 saturated carbocycles. The first-order valence-corrected chi connectivity index (χ1v) is 11.7. The summed E-state index contributed by atoms with van der Waals surface area (Å²) >= 11 is 0. The third-order valence-corrected chi connectivity index (χ3v) is 5.80. The van der Waals surface area contributed by atoms with Crippen molar-refractivity contribution in [3.05, 3.63) is 108 Å². The second-order valence-electron chi connectivity index (χ2n) is 8.23. The van der Waals surface area contributed by atoms with Gasteiger partial charge in [-0.2, -0.15) is 0 Å². The van der Waals surface area contributed by atoms with Crippen LogP contribution in [0.1, 0.15) is 38.1 Å². The van der Waals surface area contributed by atoms with Crippen LogP contribution in [0.2, 0.25) is 0 Å². The number of hydrogen-bond acceptors (Lipinski definition) is 11. The number of rotatable bonds is 6. The molecule has 0 spiro atoms. The topological polar surface area (TPSA) is 155 Å². The Kier molecular flexibility index (Phi) is 10.6. The fourth-order valence-corrected chi connectivity index (χ4v) is 3.81. The third-order valence-electron chi connectivity index (χ3n) is 5.80. The van der Waals surface area contributed by atoms with E-state index in [1.807, 2.05) is 0 Å². The van der Waals surface area contributed by atoms with E-state index in [4.69, 9.17) is 29.9 Å². The number of aromatic nitrogens is 2. The Morgan fingerprint density at radius 3 is 1.88 bits per heavy atom. The molecule has 41 heavy (non-hydrogen) atoms. The Balaban J connectivity index is 0.000000215. The fourth-order valence-electron chi connectivity index (χ4n) is 3.81. The molecule has 1 atom stereocenters. The Bertz CT molecular complexity index is 1540. The van der Waals surface area contributed by atoms with E-state index < -0.39 is 11.8 Å². The average Bonchev–Trinajstić information content (AvgIpc) is 3.67.